The summed E-state index contributed by atoms with van der Waals surface area (Å²) in [6.07, 6.45) is 6.04. The average molecular weight is 288 g/mol. The van der Waals surface area contributed by atoms with Crippen molar-refractivity contribution in [2.45, 2.75) is 6.92 Å². The first-order valence-corrected chi connectivity index (χ1v) is 6.92. The van der Waals surface area contributed by atoms with Crippen molar-refractivity contribution >= 4 is 39.5 Å². The molecule has 20 heavy (non-hydrogen) atoms. The van der Waals surface area contributed by atoms with Gasteiger partial charge in [0.2, 0.25) is 0 Å². The molecule has 0 unspecified atom stereocenters. The fourth-order valence-corrected chi connectivity index (χ4v) is 2.84. The second-order valence-corrected chi connectivity index (χ2v) is 5.41. The van der Waals surface area contributed by atoms with Crippen LogP contribution < -0.4 is 4.90 Å². The molecule has 0 aliphatic heterocycles. The van der Waals surface area contributed by atoms with Crippen LogP contribution in [-0.2, 0) is 0 Å². The summed E-state index contributed by atoms with van der Waals surface area (Å²) in [5, 5.41) is 8.25. The molecule has 1 amide bonds. The third-order valence-electron chi connectivity index (χ3n) is 2.79. The molecule has 0 saturated carbocycles. The lowest BCUT2D eigenvalue weighted by molar-refractivity contribution is 0.0895. The number of hydrogen-bond donors (Lipinski definition) is 1. The minimum absolute atomic E-state index is 0.217. The summed E-state index contributed by atoms with van der Waals surface area (Å²) in [6.45, 7) is 1.81. The Balaban J connectivity index is 2.49. The van der Waals surface area contributed by atoms with Crippen LogP contribution in [0.5, 0.6) is 0 Å². The number of pyridine rings is 1. The molecule has 0 aromatic carbocycles. The van der Waals surface area contributed by atoms with Gasteiger partial charge in [0.1, 0.15) is 4.83 Å². The van der Waals surface area contributed by atoms with Gasteiger partial charge in [0.05, 0.1) is 11.2 Å². The molecule has 0 aliphatic carbocycles. The van der Waals surface area contributed by atoms with Crippen molar-refractivity contribution in [3.05, 3.63) is 35.5 Å². The summed E-state index contributed by atoms with van der Waals surface area (Å²) in [5.41, 5.74) is 1.03. The highest BCUT2D eigenvalue weighted by Gasteiger charge is 2.17. The maximum Gasteiger partial charge on any atom is 0.273 e. The molecule has 0 fully saturated rings. The van der Waals surface area contributed by atoms with Crippen molar-refractivity contribution in [3.8, 4) is 0 Å². The van der Waals surface area contributed by atoms with Crippen LogP contribution in [0, 0.1) is 5.41 Å². The van der Waals surface area contributed by atoms with Crippen molar-refractivity contribution in [2.75, 3.05) is 19.0 Å². The van der Waals surface area contributed by atoms with E-state index >= 15 is 0 Å². The van der Waals surface area contributed by atoms with E-state index in [2.05, 4.69) is 4.98 Å². The van der Waals surface area contributed by atoms with Crippen molar-refractivity contribution < 1.29 is 4.79 Å². The molecule has 2 heterocycles. The van der Waals surface area contributed by atoms with E-state index in [0.29, 0.717) is 4.88 Å². The fourth-order valence-electron chi connectivity index (χ4n) is 1.88. The van der Waals surface area contributed by atoms with Gasteiger partial charge in [-0.2, -0.15) is 0 Å². The van der Waals surface area contributed by atoms with Crippen molar-refractivity contribution in [1.82, 2.24) is 9.88 Å². The van der Waals surface area contributed by atoms with Crippen LogP contribution in [-0.4, -0.2) is 36.2 Å². The number of thiophene rings is 1. The Morgan fingerprint density at radius 1 is 1.45 bits per heavy atom. The van der Waals surface area contributed by atoms with E-state index in [-0.39, 0.29) is 5.91 Å². The van der Waals surface area contributed by atoms with Gasteiger partial charge in [0, 0.05) is 37.6 Å². The van der Waals surface area contributed by atoms with E-state index in [1.807, 2.05) is 31.1 Å². The molecule has 0 spiro atoms. The molecule has 1 N–H and O–H groups in total. The van der Waals surface area contributed by atoms with Gasteiger partial charge in [-0.1, -0.05) is 6.08 Å². The van der Waals surface area contributed by atoms with Crippen LogP contribution in [0.15, 0.2) is 30.6 Å². The smallest absolute Gasteiger partial charge is 0.273 e. The molecular formula is C14H16N4OS. The molecule has 5 nitrogen and oxygen atoms in total. The fraction of sp³-hybridized carbons (Fsp3) is 0.214. The molecule has 0 bridgehead atoms. The highest BCUT2D eigenvalue weighted by atomic mass is 32.1. The molecule has 2 aromatic rings. The number of hydrogen-bond acceptors (Lipinski definition) is 5. The molecule has 0 radical (unpaired) electrons. The summed E-state index contributed by atoms with van der Waals surface area (Å²) in [4.78, 5) is 21.3. The van der Waals surface area contributed by atoms with E-state index in [1.54, 1.807) is 25.4 Å². The van der Waals surface area contributed by atoms with E-state index in [0.717, 1.165) is 22.2 Å². The number of nitrogens with one attached hydrogen (secondary N) is 1. The van der Waals surface area contributed by atoms with Gasteiger partial charge in [0.25, 0.3) is 5.91 Å². The lowest BCUT2D eigenvalue weighted by Crippen LogP contribution is -2.22. The zero-order valence-electron chi connectivity index (χ0n) is 11.6. The highest BCUT2D eigenvalue weighted by Crippen LogP contribution is 2.31. The number of fused-ring (bicyclic) bond motifs is 1. The van der Waals surface area contributed by atoms with Crippen molar-refractivity contribution in [1.29, 1.82) is 5.41 Å². The van der Waals surface area contributed by atoms with Crippen LogP contribution in [0.3, 0.4) is 0 Å². The molecule has 6 heteroatoms. The first-order chi connectivity index (χ1) is 9.58. The summed E-state index contributed by atoms with van der Waals surface area (Å²) in [6, 6.07) is 3.76. The molecular weight excluding hydrogens is 272 g/mol. The van der Waals surface area contributed by atoms with Gasteiger partial charge < -0.3 is 4.90 Å². The molecule has 0 aliphatic rings. The summed E-state index contributed by atoms with van der Waals surface area (Å²) in [7, 11) is 3.91. The number of allylic oxidation sites excluding steroid dienone is 1. The number of carbonyl (C=O) groups excluding carboxylic acids is 1. The predicted molar refractivity (Wildman–Crippen MR) is 83.7 cm³/mol. The van der Waals surface area contributed by atoms with E-state index in [1.165, 1.54) is 16.2 Å². The molecule has 0 saturated heterocycles. The lowest BCUT2D eigenvalue weighted by atomic mass is 10.2. The van der Waals surface area contributed by atoms with Gasteiger partial charge >= 0.3 is 0 Å². The van der Waals surface area contributed by atoms with Crippen LogP contribution in [0.2, 0.25) is 0 Å². The molecule has 2 aromatic heterocycles. The van der Waals surface area contributed by atoms with Crippen LogP contribution >= 0.6 is 11.3 Å². The number of carbonyl (C=O) groups is 1. The topological polar surface area (TPSA) is 60.3 Å². The Morgan fingerprint density at radius 3 is 2.80 bits per heavy atom. The second-order valence-electron chi connectivity index (χ2n) is 4.38. The van der Waals surface area contributed by atoms with Gasteiger partial charge in [-0.3, -0.25) is 15.1 Å². The van der Waals surface area contributed by atoms with E-state index in [9.17, 15) is 4.79 Å². The van der Waals surface area contributed by atoms with Gasteiger partial charge in [-0.05, 0) is 19.1 Å². The first-order valence-electron chi connectivity index (χ1n) is 6.10. The normalized spacial score (nSPS) is 10.9. The molecule has 0 atom stereocenters. The maximum absolute atomic E-state index is 12.3. The quantitative estimate of drug-likeness (QED) is 0.695. The van der Waals surface area contributed by atoms with E-state index in [4.69, 9.17) is 5.41 Å². The summed E-state index contributed by atoms with van der Waals surface area (Å²) in [5.74, 6) is -0.217. The monoisotopic (exact) mass is 288 g/mol. The zero-order chi connectivity index (χ0) is 14.7. The van der Waals surface area contributed by atoms with Crippen LogP contribution in [0.25, 0.3) is 10.2 Å². The molecule has 104 valence electrons. The van der Waals surface area contributed by atoms with E-state index < -0.39 is 0 Å². The summed E-state index contributed by atoms with van der Waals surface area (Å²) >= 11 is 1.34. The Labute approximate surface area is 121 Å². The van der Waals surface area contributed by atoms with Crippen molar-refractivity contribution in [3.63, 3.8) is 0 Å². The lowest BCUT2D eigenvalue weighted by Gasteiger charge is -2.12. The average Bonchev–Trinajstić information content (AvgIpc) is 2.87. The minimum Gasteiger partial charge on any atom is -0.377 e. The largest absolute Gasteiger partial charge is 0.377 e. The SMILES string of the molecule is C/C=C/N(C=N)C(=O)c1cc2c(N(C)C)ccnc2s1. The number of rotatable bonds is 4. The summed E-state index contributed by atoms with van der Waals surface area (Å²) < 4.78 is 0. The Morgan fingerprint density at radius 2 is 2.20 bits per heavy atom. The third kappa shape index (κ3) is 2.55. The second kappa shape index (κ2) is 5.83. The van der Waals surface area contributed by atoms with Gasteiger partial charge in [0.15, 0.2) is 0 Å². The van der Waals surface area contributed by atoms with Crippen molar-refractivity contribution in [2.24, 2.45) is 0 Å². The standard InChI is InChI=1S/C14H16N4OS/c1-4-7-18(9-15)14(19)12-8-10-11(17(2)3)5-6-16-13(10)20-12/h4-9,15H,1-3H3/b7-4+,15-9?. The Hall–Kier alpha value is -2.21. The highest BCUT2D eigenvalue weighted by molar-refractivity contribution is 7.20. The third-order valence-corrected chi connectivity index (χ3v) is 3.82. The van der Waals surface area contributed by atoms with Crippen LogP contribution in [0.1, 0.15) is 16.6 Å². The van der Waals surface area contributed by atoms with Gasteiger partial charge in [-0.15, -0.1) is 11.3 Å². The predicted octanol–water partition coefficient (Wildman–Crippen LogP) is 2.95. The number of aromatic nitrogens is 1. The Bertz CT molecular complexity index is 675. The zero-order valence-corrected chi connectivity index (χ0v) is 12.4. The number of anilines is 1. The maximum atomic E-state index is 12.3. The minimum atomic E-state index is -0.217. The van der Waals surface area contributed by atoms with Crippen LogP contribution in [0.4, 0.5) is 5.69 Å². The molecule has 2 rings (SSSR count). The van der Waals surface area contributed by atoms with Gasteiger partial charge in [-0.25, -0.2) is 4.98 Å². The number of nitrogens with zero attached hydrogens (tertiary/aromatic N) is 3. The Kier molecular flexibility index (Phi) is 4.14. The first kappa shape index (κ1) is 14.2. The number of amides is 1.